The molecule has 6 atom stereocenters. The van der Waals surface area contributed by atoms with Crippen molar-refractivity contribution in [2.24, 2.45) is 21.6 Å². The molecular formula is C21H23BrN6O3. The van der Waals surface area contributed by atoms with Gasteiger partial charge in [0.25, 0.3) is 0 Å². The van der Waals surface area contributed by atoms with Crippen LogP contribution in [0.2, 0.25) is 0 Å². The Labute approximate surface area is 188 Å². The van der Waals surface area contributed by atoms with E-state index in [2.05, 4.69) is 37.3 Å². The molecule has 1 fully saturated rings. The maximum atomic E-state index is 10.9. The largest absolute Gasteiger partial charge is 0.487 e. The first kappa shape index (κ1) is 20.5. The predicted molar refractivity (Wildman–Crippen MR) is 118 cm³/mol. The summed E-state index contributed by atoms with van der Waals surface area (Å²) in [6.45, 7) is 1.49. The van der Waals surface area contributed by atoms with Crippen molar-refractivity contribution in [1.82, 2.24) is 10.2 Å². The van der Waals surface area contributed by atoms with E-state index in [1.165, 1.54) is 6.34 Å². The number of nitriles is 1. The number of hydrogen-bond acceptors (Lipinski definition) is 9. The molecular weight excluding hydrogens is 464 g/mol. The fraction of sp³-hybridized carbons (Fsp3) is 0.476. The molecule has 5 rings (SSSR count). The van der Waals surface area contributed by atoms with Gasteiger partial charge in [-0.3, -0.25) is 0 Å². The average Bonchev–Trinajstić information content (AvgIpc) is 3.25. The number of benzene rings is 1. The highest BCUT2D eigenvalue weighted by atomic mass is 79.9. The van der Waals surface area contributed by atoms with Crippen LogP contribution in [0.25, 0.3) is 0 Å². The van der Waals surface area contributed by atoms with E-state index in [1.807, 2.05) is 17.2 Å². The molecule has 0 bridgehead atoms. The molecule has 4 aliphatic rings. The fourth-order valence-electron chi connectivity index (χ4n) is 4.89. The maximum Gasteiger partial charge on any atom is 0.137 e. The third kappa shape index (κ3) is 3.42. The number of nitrogens with zero attached hydrogens (tertiary/aromatic N) is 4. The van der Waals surface area contributed by atoms with Crippen LogP contribution < -0.4 is 15.8 Å². The second-order valence-electron chi connectivity index (χ2n) is 8.26. The first-order valence-electron chi connectivity index (χ1n) is 10.3. The molecule has 1 saturated carbocycles. The van der Waals surface area contributed by atoms with Crippen molar-refractivity contribution in [3.8, 4) is 11.8 Å². The minimum absolute atomic E-state index is 0.209. The Morgan fingerprint density at radius 3 is 2.97 bits per heavy atom. The van der Waals surface area contributed by atoms with Crippen LogP contribution in [0.1, 0.15) is 23.1 Å². The maximum absolute atomic E-state index is 10.9. The molecule has 0 amide bonds. The molecule has 5 N–H and O–H groups in total. The van der Waals surface area contributed by atoms with E-state index < -0.39 is 24.4 Å². The van der Waals surface area contributed by atoms with Crippen molar-refractivity contribution >= 4 is 28.1 Å². The quantitative estimate of drug-likeness (QED) is 0.482. The minimum atomic E-state index is -1.08. The number of amidine groups is 1. The van der Waals surface area contributed by atoms with E-state index >= 15 is 0 Å². The number of nitrogens with one attached hydrogen (secondary N) is 1. The Morgan fingerprint density at radius 2 is 2.16 bits per heavy atom. The van der Waals surface area contributed by atoms with E-state index in [-0.39, 0.29) is 12.1 Å². The lowest BCUT2D eigenvalue weighted by Crippen LogP contribution is -2.48. The van der Waals surface area contributed by atoms with Gasteiger partial charge < -0.3 is 30.9 Å². The first-order chi connectivity index (χ1) is 15.0. The van der Waals surface area contributed by atoms with Gasteiger partial charge in [0, 0.05) is 29.2 Å². The van der Waals surface area contributed by atoms with Gasteiger partial charge in [-0.15, -0.1) is 0 Å². The van der Waals surface area contributed by atoms with E-state index in [4.69, 9.17) is 10.5 Å². The van der Waals surface area contributed by atoms with Crippen LogP contribution in [0.15, 0.2) is 32.8 Å². The number of halogens is 1. The van der Waals surface area contributed by atoms with Crippen molar-refractivity contribution < 1.29 is 14.9 Å². The molecule has 4 unspecified atom stereocenters. The minimum Gasteiger partial charge on any atom is -0.487 e. The van der Waals surface area contributed by atoms with Gasteiger partial charge in [0.2, 0.25) is 0 Å². The zero-order chi connectivity index (χ0) is 21.7. The normalized spacial score (nSPS) is 33.9. The number of nitrogens with two attached hydrogens (primary N) is 1. The molecule has 3 heterocycles. The lowest BCUT2D eigenvalue weighted by atomic mass is 9.97. The number of aliphatic imine (C=N–C) groups is 2. The molecule has 1 aromatic rings. The highest BCUT2D eigenvalue weighted by Crippen LogP contribution is 2.41. The third-order valence-electron chi connectivity index (χ3n) is 6.48. The molecule has 0 radical (unpaired) electrons. The molecule has 31 heavy (non-hydrogen) atoms. The summed E-state index contributed by atoms with van der Waals surface area (Å²) in [5.41, 5.74) is 8.66. The van der Waals surface area contributed by atoms with Crippen molar-refractivity contribution in [2.45, 2.75) is 49.9 Å². The fourth-order valence-corrected chi connectivity index (χ4v) is 5.59. The Balaban J connectivity index is 1.40. The zero-order valence-corrected chi connectivity index (χ0v) is 18.2. The van der Waals surface area contributed by atoms with Crippen LogP contribution in [0.3, 0.4) is 0 Å². The summed E-state index contributed by atoms with van der Waals surface area (Å²) in [6, 6.07) is 5.39. The number of aliphatic hydroxyl groups is 2. The van der Waals surface area contributed by atoms with Gasteiger partial charge in [-0.1, -0.05) is 15.9 Å². The third-order valence-corrected chi connectivity index (χ3v) is 7.18. The summed E-state index contributed by atoms with van der Waals surface area (Å²) in [5.74, 6) is 0.833. The highest BCUT2D eigenvalue weighted by molar-refractivity contribution is 9.11. The van der Waals surface area contributed by atoms with Crippen LogP contribution in [0.5, 0.6) is 5.75 Å². The Morgan fingerprint density at radius 1 is 1.32 bits per heavy atom. The first-order valence-corrected chi connectivity index (χ1v) is 11.1. The van der Waals surface area contributed by atoms with Crippen molar-refractivity contribution in [3.05, 3.63) is 39.5 Å². The lowest BCUT2D eigenvalue weighted by Gasteiger charge is -2.34. The highest BCUT2D eigenvalue weighted by Gasteiger charge is 2.50. The van der Waals surface area contributed by atoms with Crippen molar-refractivity contribution in [1.29, 1.82) is 5.26 Å². The second kappa shape index (κ2) is 7.91. The van der Waals surface area contributed by atoms with E-state index in [0.717, 1.165) is 28.6 Å². The van der Waals surface area contributed by atoms with Crippen LogP contribution in [-0.2, 0) is 13.0 Å². The van der Waals surface area contributed by atoms with Crippen LogP contribution in [0.4, 0.5) is 0 Å². The van der Waals surface area contributed by atoms with Gasteiger partial charge in [-0.05, 0) is 30.7 Å². The number of ether oxygens (including phenoxy) is 1. The molecule has 10 heteroatoms. The van der Waals surface area contributed by atoms with Crippen LogP contribution in [0, 0.1) is 17.2 Å². The summed E-state index contributed by atoms with van der Waals surface area (Å²) in [6.07, 6.45) is 1.47. The molecule has 0 saturated heterocycles. The summed E-state index contributed by atoms with van der Waals surface area (Å²) >= 11 is 3.54. The molecule has 0 aromatic heterocycles. The predicted octanol–water partition coefficient (Wildman–Crippen LogP) is 0.339. The lowest BCUT2D eigenvalue weighted by molar-refractivity contribution is -0.0249. The number of fused-ring (bicyclic) bond motifs is 2. The SMILES string of the molecule is N#Cc1cc2c(c(OC3CC(N4C=C(Br)C5C(N)=NC=NC54)[C@H](O)[C@@H]3O)c1)CNCC2. The van der Waals surface area contributed by atoms with E-state index in [9.17, 15) is 15.5 Å². The Bertz CT molecular complexity index is 1030. The van der Waals surface area contributed by atoms with Crippen molar-refractivity contribution in [3.63, 3.8) is 0 Å². The Hall–Kier alpha value is -2.45. The number of rotatable bonds is 3. The van der Waals surface area contributed by atoms with Gasteiger partial charge in [-0.25, -0.2) is 9.98 Å². The molecule has 9 nitrogen and oxygen atoms in total. The van der Waals surface area contributed by atoms with Gasteiger partial charge >= 0.3 is 0 Å². The standard InChI is InChI=1S/C21H23BrN6O3/c22-13-8-28(21-17(13)20(24)26-9-27-21)14-5-16(19(30)18(14)29)31-15-4-10(6-23)3-11-1-2-25-7-12(11)15/h3-4,8-9,14,16-19,21,25,29-30H,1-2,5,7H2,(H2,24,26,27)/t14?,16?,17?,18-,19+,21?/m0/s1. The number of aliphatic hydroxyl groups excluding tert-OH is 2. The number of hydrogen-bond donors (Lipinski definition) is 4. The zero-order valence-electron chi connectivity index (χ0n) is 16.6. The molecule has 3 aliphatic heterocycles. The molecule has 1 aromatic carbocycles. The molecule has 1 aliphatic carbocycles. The smallest absolute Gasteiger partial charge is 0.137 e. The van der Waals surface area contributed by atoms with Gasteiger partial charge in [0.15, 0.2) is 0 Å². The summed E-state index contributed by atoms with van der Waals surface area (Å²) in [7, 11) is 0. The van der Waals surface area contributed by atoms with Gasteiger partial charge in [0.1, 0.15) is 42.4 Å². The topological polar surface area (TPSA) is 139 Å². The second-order valence-corrected chi connectivity index (χ2v) is 9.18. The summed E-state index contributed by atoms with van der Waals surface area (Å²) < 4.78 is 7.06. The molecule has 0 spiro atoms. The van der Waals surface area contributed by atoms with E-state index in [0.29, 0.717) is 30.1 Å². The Kier molecular flexibility index (Phi) is 5.22. The summed E-state index contributed by atoms with van der Waals surface area (Å²) in [4.78, 5) is 10.4. The molecule has 162 valence electrons. The van der Waals surface area contributed by atoms with Gasteiger partial charge in [-0.2, -0.15) is 5.26 Å². The van der Waals surface area contributed by atoms with Crippen LogP contribution >= 0.6 is 15.9 Å². The summed E-state index contributed by atoms with van der Waals surface area (Å²) in [5, 5.41) is 34.4. The monoisotopic (exact) mass is 486 g/mol. The van der Waals surface area contributed by atoms with E-state index in [1.54, 1.807) is 6.07 Å². The van der Waals surface area contributed by atoms with Crippen LogP contribution in [-0.4, -0.2) is 64.4 Å². The van der Waals surface area contributed by atoms with Crippen molar-refractivity contribution in [2.75, 3.05) is 6.54 Å². The average molecular weight is 487 g/mol. The van der Waals surface area contributed by atoms with Gasteiger partial charge in [0.05, 0.1) is 23.6 Å².